The van der Waals surface area contributed by atoms with E-state index in [-0.39, 0.29) is 5.91 Å². The van der Waals surface area contributed by atoms with Gasteiger partial charge in [0, 0.05) is 0 Å². The van der Waals surface area contributed by atoms with Crippen LogP contribution in [0.2, 0.25) is 0 Å². The van der Waals surface area contributed by atoms with Gasteiger partial charge in [0.2, 0.25) is 0 Å². The van der Waals surface area contributed by atoms with E-state index in [1.807, 2.05) is 12.1 Å². The summed E-state index contributed by atoms with van der Waals surface area (Å²) in [5.74, 6) is 8.45. The van der Waals surface area contributed by atoms with E-state index >= 15 is 0 Å². The summed E-state index contributed by atoms with van der Waals surface area (Å²) in [5, 5.41) is 0. The molecule has 96 valence electrons. The molecule has 0 fully saturated rings. The highest BCUT2D eigenvalue weighted by Crippen LogP contribution is 2.22. The van der Waals surface area contributed by atoms with Gasteiger partial charge in [0.1, 0.15) is 17.3 Å². The van der Waals surface area contributed by atoms with Crippen molar-refractivity contribution in [2.75, 3.05) is 0 Å². The predicted molar refractivity (Wildman–Crippen MR) is 68.8 cm³/mol. The SMILES string of the molecule is Cc1oc(CSCc2ccco2)cc1C(=O)NN. The van der Waals surface area contributed by atoms with Crippen LogP contribution in [0, 0.1) is 6.92 Å². The number of aryl methyl sites for hydroxylation is 1. The van der Waals surface area contributed by atoms with Gasteiger partial charge in [0.25, 0.3) is 5.91 Å². The third-order valence-corrected chi connectivity index (χ3v) is 3.39. The van der Waals surface area contributed by atoms with Crippen molar-refractivity contribution in [3.63, 3.8) is 0 Å². The van der Waals surface area contributed by atoms with Crippen molar-refractivity contribution in [2.45, 2.75) is 18.4 Å². The lowest BCUT2D eigenvalue weighted by Crippen LogP contribution is -2.30. The van der Waals surface area contributed by atoms with E-state index in [2.05, 4.69) is 5.43 Å². The van der Waals surface area contributed by atoms with Crippen LogP contribution in [0.4, 0.5) is 0 Å². The van der Waals surface area contributed by atoms with E-state index in [0.29, 0.717) is 17.1 Å². The Balaban J connectivity index is 1.92. The zero-order valence-corrected chi connectivity index (χ0v) is 10.8. The minimum absolute atomic E-state index is 0.335. The number of furan rings is 2. The minimum Gasteiger partial charge on any atom is -0.468 e. The van der Waals surface area contributed by atoms with E-state index in [0.717, 1.165) is 17.3 Å². The molecule has 0 aliphatic carbocycles. The standard InChI is InChI=1S/C12H14N2O3S/c1-8-11(12(15)14-13)5-10(17-8)7-18-6-9-3-2-4-16-9/h2-5H,6-7,13H2,1H3,(H,14,15). The maximum Gasteiger partial charge on any atom is 0.268 e. The molecule has 0 radical (unpaired) electrons. The van der Waals surface area contributed by atoms with Crippen molar-refractivity contribution >= 4 is 17.7 Å². The van der Waals surface area contributed by atoms with E-state index in [9.17, 15) is 4.79 Å². The summed E-state index contributed by atoms with van der Waals surface area (Å²) in [7, 11) is 0. The summed E-state index contributed by atoms with van der Waals surface area (Å²) in [6.07, 6.45) is 1.65. The van der Waals surface area contributed by atoms with Crippen LogP contribution < -0.4 is 11.3 Å². The molecule has 0 unspecified atom stereocenters. The van der Waals surface area contributed by atoms with E-state index in [4.69, 9.17) is 14.7 Å². The van der Waals surface area contributed by atoms with Gasteiger partial charge < -0.3 is 8.83 Å². The second-order valence-electron chi connectivity index (χ2n) is 3.73. The van der Waals surface area contributed by atoms with Gasteiger partial charge in [-0.3, -0.25) is 10.2 Å². The van der Waals surface area contributed by atoms with Gasteiger partial charge in [-0.1, -0.05) is 0 Å². The van der Waals surface area contributed by atoms with Crippen LogP contribution in [0.3, 0.4) is 0 Å². The molecule has 3 N–H and O–H groups in total. The van der Waals surface area contributed by atoms with Crippen molar-refractivity contribution in [3.8, 4) is 0 Å². The van der Waals surface area contributed by atoms with Crippen LogP contribution in [-0.2, 0) is 11.5 Å². The average molecular weight is 266 g/mol. The molecule has 2 aromatic rings. The highest BCUT2D eigenvalue weighted by atomic mass is 32.2. The molecule has 2 rings (SSSR count). The number of thioether (sulfide) groups is 1. The number of carbonyl (C=O) groups is 1. The highest BCUT2D eigenvalue weighted by molar-refractivity contribution is 7.97. The number of rotatable bonds is 5. The molecular weight excluding hydrogens is 252 g/mol. The fourth-order valence-electron chi connectivity index (χ4n) is 1.56. The Bertz CT molecular complexity index is 519. The molecule has 0 aromatic carbocycles. The molecule has 0 atom stereocenters. The Hall–Kier alpha value is -1.66. The fraction of sp³-hybridized carbons (Fsp3) is 0.250. The Labute approximate surface area is 109 Å². The lowest BCUT2D eigenvalue weighted by Gasteiger charge is -1.95. The van der Waals surface area contributed by atoms with Gasteiger partial charge in [-0.25, -0.2) is 5.84 Å². The van der Waals surface area contributed by atoms with Crippen molar-refractivity contribution in [1.82, 2.24) is 5.43 Å². The van der Waals surface area contributed by atoms with Crippen LogP contribution >= 0.6 is 11.8 Å². The number of hydrogen-bond acceptors (Lipinski definition) is 5. The van der Waals surface area contributed by atoms with Crippen molar-refractivity contribution in [2.24, 2.45) is 5.84 Å². The Morgan fingerprint density at radius 1 is 1.44 bits per heavy atom. The predicted octanol–water partition coefficient (Wildman–Crippen LogP) is 2.22. The van der Waals surface area contributed by atoms with Gasteiger partial charge >= 0.3 is 0 Å². The van der Waals surface area contributed by atoms with Gasteiger partial charge in [-0.15, -0.1) is 11.8 Å². The van der Waals surface area contributed by atoms with Crippen LogP contribution in [0.1, 0.15) is 27.6 Å². The van der Waals surface area contributed by atoms with Gasteiger partial charge in [-0.05, 0) is 25.1 Å². The summed E-state index contributed by atoms with van der Waals surface area (Å²) < 4.78 is 10.7. The first-order chi connectivity index (χ1) is 8.70. The first kappa shape index (κ1) is 12.8. The molecule has 1 amide bonds. The summed E-state index contributed by atoms with van der Waals surface area (Å²) in [6, 6.07) is 5.50. The van der Waals surface area contributed by atoms with Crippen molar-refractivity contribution in [1.29, 1.82) is 0 Å². The van der Waals surface area contributed by atoms with E-state index in [1.54, 1.807) is 31.0 Å². The Kier molecular flexibility index (Phi) is 4.11. The zero-order valence-electron chi connectivity index (χ0n) is 9.93. The smallest absolute Gasteiger partial charge is 0.268 e. The quantitative estimate of drug-likeness (QED) is 0.492. The maximum absolute atomic E-state index is 11.4. The number of hydrogen-bond donors (Lipinski definition) is 2. The topological polar surface area (TPSA) is 81.4 Å². The molecule has 6 heteroatoms. The van der Waals surface area contributed by atoms with Crippen LogP contribution in [0.25, 0.3) is 0 Å². The number of nitrogens with one attached hydrogen (secondary N) is 1. The van der Waals surface area contributed by atoms with E-state index < -0.39 is 0 Å². The zero-order chi connectivity index (χ0) is 13.0. The molecule has 0 aliphatic rings. The number of nitrogen functional groups attached to an aromatic ring is 1. The van der Waals surface area contributed by atoms with Crippen LogP contribution in [-0.4, -0.2) is 5.91 Å². The van der Waals surface area contributed by atoms with Crippen molar-refractivity contribution < 1.29 is 13.6 Å². The molecular formula is C12H14N2O3S. The Morgan fingerprint density at radius 3 is 2.89 bits per heavy atom. The maximum atomic E-state index is 11.4. The lowest BCUT2D eigenvalue weighted by molar-refractivity contribution is 0.0952. The molecule has 5 nitrogen and oxygen atoms in total. The van der Waals surface area contributed by atoms with E-state index in [1.165, 1.54) is 0 Å². The third-order valence-electron chi connectivity index (χ3n) is 2.41. The highest BCUT2D eigenvalue weighted by Gasteiger charge is 2.13. The molecule has 0 saturated carbocycles. The van der Waals surface area contributed by atoms with Gasteiger partial charge in [-0.2, -0.15) is 0 Å². The molecule has 0 bridgehead atoms. The second kappa shape index (κ2) is 5.79. The first-order valence-electron chi connectivity index (χ1n) is 5.41. The average Bonchev–Trinajstić information content (AvgIpc) is 2.98. The minimum atomic E-state index is -0.335. The molecule has 18 heavy (non-hydrogen) atoms. The summed E-state index contributed by atoms with van der Waals surface area (Å²) in [5.41, 5.74) is 2.57. The summed E-state index contributed by atoms with van der Waals surface area (Å²) in [6.45, 7) is 1.74. The molecule has 0 aliphatic heterocycles. The second-order valence-corrected chi connectivity index (χ2v) is 4.71. The lowest BCUT2D eigenvalue weighted by atomic mass is 10.2. The number of amides is 1. The van der Waals surface area contributed by atoms with Crippen LogP contribution in [0.15, 0.2) is 33.3 Å². The largest absolute Gasteiger partial charge is 0.468 e. The Morgan fingerprint density at radius 2 is 2.22 bits per heavy atom. The van der Waals surface area contributed by atoms with Gasteiger partial charge in [0.05, 0.1) is 23.3 Å². The molecule has 2 aromatic heterocycles. The molecule has 2 heterocycles. The first-order valence-corrected chi connectivity index (χ1v) is 6.56. The van der Waals surface area contributed by atoms with Gasteiger partial charge in [0.15, 0.2) is 0 Å². The van der Waals surface area contributed by atoms with Crippen LogP contribution in [0.5, 0.6) is 0 Å². The number of carbonyl (C=O) groups excluding carboxylic acids is 1. The molecule has 0 saturated heterocycles. The molecule has 0 spiro atoms. The number of nitrogens with two attached hydrogens (primary N) is 1. The third kappa shape index (κ3) is 2.96. The number of hydrazine groups is 1. The normalized spacial score (nSPS) is 10.6. The summed E-state index contributed by atoms with van der Waals surface area (Å²) >= 11 is 1.65. The van der Waals surface area contributed by atoms with Crippen molar-refractivity contribution in [3.05, 3.63) is 47.3 Å². The fourth-order valence-corrected chi connectivity index (χ4v) is 2.38. The summed E-state index contributed by atoms with van der Waals surface area (Å²) in [4.78, 5) is 11.4. The monoisotopic (exact) mass is 266 g/mol.